The summed E-state index contributed by atoms with van der Waals surface area (Å²) in [6.45, 7) is 4.16. The van der Waals surface area contributed by atoms with Crippen LogP contribution < -0.4 is 5.32 Å². The van der Waals surface area contributed by atoms with Gasteiger partial charge in [-0.3, -0.25) is 9.36 Å². The van der Waals surface area contributed by atoms with E-state index in [4.69, 9.17) is 0 Å². The Kier molecular flexibility index (Phi) is 15.6. The van der Waals surface area contributed by atoms with Gasteiger partial charge in [0.1, 0.15) is 0 Å². The number of nitrogens with one attached hydrogen (secondary N) is 1. The van der Waals surface area contributed by atoms with E-state index in [2.05, 4.69) is 12.2 Å². The van der Waals surface area contributed by atoms with E-state index in [1.807, 2.05) is 6.92 Å². The standard InChI is InChI=1S/C26H46NO4P/c1-3-4-5-6-7-8-9-10-11-12-13-14-15-16-17-18-26(28)27-25-21-23(2)19-20-24(25)22-32(29,30)31/h19-21H,3-18,22H2,1-2H3,(H,27,28)(H2,29,30,31). The molecule has 0 saturated carbocycles. The van der Waals surface area contributed by atoms with Crippen molar-refractivity contribution >= 4 is 19.2 Å². The fraction of sp³-hybridized carbons (Fsp3) is 0.731. The number of hydrogen-bond acceptors (Lipinski definition) is 2. The van der Waals surface area contributed by atoms with Crippen LogP contribution in [0.2, 0.25) is 0 Å². The zero-order chi connectivity index (χ0) is 23.7. The zero-order valence-corrected chi connectivity index (χ0v) is 21.3. The molecule has 0 radical (unpaired) electrons. The summed E-state index contributed by atoms with van der Waals surface area (Å²) in [5, 5.41) is 2.84. The highest BCUT2D eigenvalue weighted by Gasteiger charge is 2.17. The van der Waals surface area contributed by atoms with Crippen LogP contribution in [-0.2, 0) is 15.5 Å². The average Bonchev–Trinajstić information content (AvgIpc) is 2.72. The Morgan fingerprint density at radius 1 is 0.812 bits per heavy atom. The van der Waals surface area contributed by atoms with E-state index in [0.717, 1.165) is 18.4 Å². The second-order valence-corrected chi connectivity index (χ2v) is 10.9. The van der Waals surface area contributed by atoms with E-state index in [-0.39, 0.29) is 12.1 Å². The number of carbonyl (C=O) groups excluding carboxylic acids is 1. The highest BCUT2D eigenvalue weighted by atomic mass is 31.2. The van der Waals surface area contributed by atoms with Gasteiger partial charge in [0.2, 0.25) is 5.91 Å². The van der Waals surface area contributed by atoms with Crippen LogP contribution in [0, 0.1) is 6.92 Å². The second-order valence-electron chi connectivity index (χ2n) is 9.23. The van der Waals surface area contributed by atoms with Gasteiger partial charge in [0, 0.05) is 12.1 Å². The van der Waals surface area contributed by atoms with Crippen molar-refractivity contribution in [2.75, 3.05) is 5.32 Å². The van der Waals surface area contributed by atoms with E-state index in [9.17, 15) is 19.1 Å². The first-order chi connectivity index (χ1) is 15.3. The van der Waals surface area contributed by atoms with Crippen LogP contribution in [0.15, 0.2) is 18.2 Å². The molecule has 1 amide bonds. The maximum absolute atomic E-state index is 12.3. The van der Waals surface area contributed by atoms with Gasteiger partial charge in [-0.05, 0) is 30.5 Å². The Hall–Kier alpha value is -1.16. The van der Waals surface area contributed by atoms with Gasteiger partial charge in [-0.25, -0.2) is 0 Å². The Morgan fingerprint density at radius 3 is 1.75 bits per heavy atom. The summed E-state index contributed by atoms with van der Waals surface area (Å²) in [5.74, 6) is -0.0859. The highest BCUT2D eigenvalue weighted by Crippen LogP contribution is 2.41. The fourth-order valence-electron chi connectivity index (χ4n) is 4.04. The third-order valence-electron chi connectivity index (χ3n) is 5.92. The van der Waals surface area contributed by atoms with Crippen molar-refractivity contribution in [3.63, 3.8) is 0 Å². The van der Waals surface area contributed by atoms with Gasteiger partial charge < -0.3 is 15.1 Å². The van der Waals surface area contributed by atoms with Crippen molar-refractivity contribution in [1.82, 2.24) is 0 Å². The first kappa shape index (κ1) is 28.9. The van der Waals surface area contributed by atoms with E-state index in [0.29, 0.717) is 17.7 Å². The van der Waals surface area contributed by atoms with Crippen LogP contribution >= 0.6 is 7.60 Å². The number of anilines is 1. The van der Waals surface area contributed by atoms with Gasteiger partial charge in [-0.1, -0.05) is 109 Å². The van der Waals surface area contributed by atoms with Crippen LogP contribution in [0.25, 0.3) is 0 Å². The van der Waals surface area contributed by atoms with E-state index in [1.165, 1.54) is 83.5 Å². The monoisotopic (exact) mass is 467 g/mol. The Bertz CT molecular complexity index is 686. The van der Waals surface area contributed by atoms with E-state index in [1.54, 1.807) is 18.2 Å². The van der Waals surface area contributed by atoms with Crippen molar-refractivity contribution in [2.45, 2.75) is 123 Å². The largest absolute Gasteiger partial charge is 0.329 e. The fourth-order valence-corrected chi connectivity index (χ4v) is 4.76. The molecular formula is C26H46NO4P. The quantitative estimate of drug-likeness (QED) is 0.143. The van der Waals surface area contributed by atoms with Crippen molar-refractivity contribution in [3.05, 3.63) is 29.3 Å². The van der Waals surface area contributed by atoms with Crippen LogP contribution in [0.1, 0.15) is 121 Å². The molecule has 0 unspecified atom stereocenters. The number of carbonyl (C=O) groups is 1. The average molecular weight is 468 g/mol. The summed E-state index contributed by atoms with van der Waals surface area (Å²) < 4.78 is 11.3. The number of unbranched alkanes of at least 4 members (excludes halogenated alkanes) is 14. The predicted octanol–water partition coefficient (Wildman–Crippen LogP) is 7.87. The number of benzene rings is 1. The number of rotatable bonds is 19. The molecule has 0 atom stereocenters. The number of amides is 1. The lowest BCUT2D eigenvalue weighted by atomic mass is 10.0. The molecule has 0 aromatic heterocycles. The molecule has 6 heteroatoms. The molecule has 0 bridgehead atoms. The molecule has 1 aromatic rings. The molecule has 0 saturated heterocycles. The summed E-state index contributed by atoms with van der Waals surface area (Å²) in [5.41, 5.74) is 1.94. The Labute approximate surface area is 195 Å². The zero-order valence-electron chi connectivity index (χ0n) is 20.4. The molecule has 0 aliphatic carbocycles. The number of hydrogen-bond donors (Lipinski definition) is 3. The lowest BCUT2D eigenvalue weighted by Gasteiger charge is -2.13. The molecule has 1 aromatic carbocycles. The molecule has 5 nitrogen and oxygen atoms in total. The second kappa shape index (κ2) is 17.3. The lowest BCUT2D eigenvalue weighted by molar-refractivity contribution is -0.116. The topological polar surface area (TPSA) is 86.6 Å². The summed E-state index contributed by atoms with van der Waals surface area (Å²) in [7, 11) is -4.18. The van der Waals surface area contributed by atoms with Gasteiger partial charge in [0.05, 0.1) is 6.16 Å². The minimum absolute atomic E-state index is 0.0859. The van der Waals surface area contributed by atoms with Crippen LogP contribution in [0.3, 0.4) is 0 Å². The van der Waals surface area contributed by atoms with Crippen molar-refractivity contribution in [1.29, 1.82) is 0 Å². The minimum atomic E-state index is -4.18. The number of aryl methyl sites for hydroxylation is 1. The third-order valence-corrected chi connectivity index (χ3v) is 6.68. The molecule has 184 valence electrons. The molecule has 1 rings (SSSR count). The van der Waals surface area contributed by atoms with Crippen molar-refractivity contribution in [2.24, 2.45) is 0 Å². The first-order valence-corrected chi connectivity index (χ1v) is 14.6. The Morgan fingerprint density at radius 2 is 1.28 bits per heavy atom. The minimum Gasteiger partial charge on any atom is -0.326 e. The smallest absolute Gasteiger partial charge is 0.326 e. The molecular weight excluding hydrogens is 421 g/mol. The van der Waals surface area contributed by atoms with E-state index < -0.39 is 7.60 Å². The van der Waals surface area contributed by atoms with Gasteiger partial charge in [-0.2, -0.15) is 0 Å². The summed E-state index contributed by atoms with van der Waals surface area (Å²) >= 11 is 0. The third kappa shape index (κ3) is 15.6. The molecule has 0 aliphatic heterocycles. The predicted molar refractivity (Wildman–Crippen MR) is 135 cm³/mol. The van der Waals surface area contributed by atoms with Crippen LogP contribution in [-0.4, -0.2) is 15.7 Å². The molecule has 3 N–H and O–H groups in total. The van der Waals surface area contributed by atoms with Crippen LogP contribution in [0.4, 0.5) is 5.69 Å². The lowest BCUT2D eigenvalue weighted by Crippen LogP contribution is -2.13. The van der Waals surface area contributed by atoms with Gasteiger partial charge in [0.25, 0.3) is 0 Å². The molecule has 32 heavy (non-hydrogen) atoms. The maximum atomic E-state index is 12.3. The molecule has 0 fully saturated rings. The van der Waals surface area contributed by atoms with E-state index >= 15 is 0 Å². The first-order valence-electron chi connectivity index (χ1n) is 12.8. The van der Waals surface area contributed by atoms with Crippen molar-refractivity contribution in [3.8, 4) is 0 Å². The maximum Gasteiger partial charge on any atom is 0.329 e. The van der Waals surface area contributed by atoms with Gasteiger partial charge >= 0.3 is 7.60 Å². The molecule has 0 spiro atoms. The van der Waals surface area contributed by atoms with Crippen molar-refractivity contribution < 1.29 is 19.1 Å². The molecule has 0 heterocycles. The van der Waals surface area contributed by atoms with Gasteiger partial charge in [-0.15, -0.1) is 0 Å². The highest BCUT2D eigenvalue weighted by molar-refractivity contribution is 7.50. The summed E-state index contributed by atoms with van der Waals surface area (Å²) in [4.78, 5) is 30.8. The van der Waals surface area contributed by atoms with Gasteiger partial charge in [0.15, 0.2) is 0 Å². The molecule has 0 aliphatic rings. The Balaban J connectivity index is 2.06. The summed E-state index contributed by atoms with van der Waals surface area (Å²) in [6, 6.07) is 5.25. The summed E-state index contributed by atoms with van der Waals surface area (Å²) in [6.07, 6.45) is 19.4. The van der Waals surface area contributed by atoms with Crippen LogP contribution in [0.5, 0.6) is 0 Å². The SMILES string of the molecule is CCCCCCCCCCCCCCCCCC(=O)Nc1cc(C)ccc1CP(=O)(O)O. The normalized spacial score (nSPS) is 11.6.